The van der Waals surface area contributed by atoms with Gasteiger partial charge in [0, 0.05) is 17.6 Å². The number of nitriles is 1. The van der Waals surface area contributed by atoms with Crippen molar-refractivity contribution in [3.8, 4) is 17.6 Å². The molecule has 1 aliphatic heterocycles. The minimum Gasteiger partial charge on any atom is -0.454 e. The number of ether oxygens (including phenoxy) is 2. The summed E-state index contributed by atoms with van der Waals surface area (Å²) in [6.07, 6.45) is 1.71. The lowest BCUT2D eigenvalue weighted by Crippen LogP contribution is -2.27. The van der Waals surface area contributed by atoms with Gasteiger partial charge >= 0.3 is 0 Å². The summed E-state index contributed by atoms with van der Waals surface area (Å²) in [6.45, 7) is 1.09. The third-order valence-electron chi connectivity index (χ3n) is 4.49. The third-order valence-corrected chi connectivity index (χ3v) is 4.99. The minimum absolute atomic E-state index is 0.0699. The summed E-state index contributed by atoms with van der Waals surface area (Å²) >= 11 is 3.47. The molecule has 0 fully saturated rings. The number of benzene rings is 2. The lowest BCUT2D eigenvalue weighted by Gasteiger charge is -2.24. The Kier molecular flexibility index (Phi) is 5.58. The number of halogens is 2. The fourth-order valence-corrected chi connectivity index (χ4v) is 3.56. The maximum absolute atomic E-state index is 14.5. The monoisotopic (exact) mass is 454 g/mol. The molecule has 3 aromatic rings. The molecule has 0 atom stereocenters. The normalized spacial score (nSPS) is 11.9. The molecular formula is C21H16BrFN4O2. The second-order valence-electron chi connectivity index (χ2n) is 6.47. The molecule has 146 valence electrons. The van der Waals surface area contributed by atoms with Gasteiger partial charge in [0.2, 0.25) is 12.6 Å². The van der Waals surface area contributed by atoms with Crippen LogP contribution in [0.3, 0.4) is 0 Å². The van der Waals surface area contributed by atoms with Crippen molar-refractivity contribution in [2.75, 3.05) is 18.2 Å². The molecule has 0 saturated heterocycles. The van der Waals surface area contributed by atoms with Crippen molar-refractivity contribution in [2.24, 2.45) is 0 Å². The molecule has 0 saturated carbocycles. The van der Waals surface area contributed by atoms with E-state index in [-0.39, 0.29) is 18.4 Å². The van der Waals surface area contributed by atoms with Crippen LogP contribution in [-0.2, 0) is 13.0 Å². The van der Waals surface area contributed by atoms with Crippen molar-refractivity contribution in [3.05, 3.63) is 75.9 Å². The first-order chi connectivity index (χ1) is 14.1. The largest absolute Gasteiger partial charge is 0.454 e. The summed E-state index contributed by atoms with van der Waals surface area (Å²) in [4.78, 5) is 9.61. The highest BCUT2D eigenvalue weighted by Gasteiger charge is 2.18. The highest BCUT2D eigenvalue weighted by Crippen LogP contribution is 2.33. The highest BCUT2D eigenvalue weighted by molar-refractivity contribution is 9.10. The van der Waals surface area contributed by atoms with Gasteiger partial charge in [0.15, 0.2) is 23.1 Å². The molecule has 0 aliphatic carbocycles. The Morgan fingerprint density at radius 2 is 2.00 bits per heavy atom. The van der Waals surface area contributed by atoms with Gasteiger partial charge in [-0.1, -0.05) is 34.1 Å². The van der Waals surface area contributed by atoms with Crippen LogP contribution in [0.25, 0.3) is 0 Å². The van der Waals surface area contributed by atoms with E-state index in [4.69, 9.17) is 14.7 Å². The summed E-state index contributed by atoms with van der Waals surface area (Å²) in [7, 11) is 0. The van der Waals surface area contributed by atoms with Crippen LogP contribution < -0.4 is 14.4 Å². The molecule has 0 unspecified atom stereocenters. The summed E-state index contributed by atoms with van der Waals surface area (Å²) in [5, 5.41) is 9.12. The molecule has 1 aliphatic rings. The van der Waals surface area contributed by atoms with E-state index in [9.17, 15) is 4.39 Å². The number of aromatic nitrogens is 2. The van der Waals surface area contributed by atoms with E-state index in [2.05, 4.69) is 25.9 Å². The Balaban J connectivity index is 1.62. The maximum atomic E-state index is 14.5. The first-order valence-corrected chi connectivity index (χ1v) is 9.72. The average Bonchev–Trinajstić information content (AvgIpc) is 3.19. The van der Waals surface area contributed by atoms with E-state index in [1.54, 1.807) is 4.90 Å². The van der Waals surface area contributed by atoms with E-state index in [0.29, 0.717) is 31.0 Å². The molecule has 4 rings (SSSR count). The molecule has 0 spiro atoms. The molecule has 29 heavy (non-hydrogen) atoms. The van der Waals surface area contributed by atoms with Crippen molar-refractivity contribution >= 4 is 21.7 Å². The summed E-state index contributed by atoms with van der Waals surface area (Å²) < 4.78 is 26.3. The SMILES string of the molecule is N#Cc1ncc(F)c(N(CCc2cccc(Br)c2)Cc2ccc3c(c2)OCO3)n1. The van der Waals surface area contributed by atoms with Crippen LogP contribution in [-0.4, -0.2) is 23.3 Å². The maximum Gasteiger partial charge on any atom is 0.234 e. The highest BCUT2D eigenvalue weighted by atomic mass is 79.9. The Labute approximate surface area is 175 Å². The van der Waals surface area contributed by atoms with Gasteiger partial charge < -0.3 is 14.4 Å². The van der Waals surface area contributed by atoms with E-state index in [0.717, 1.165) is 21.8 Å². The molecule has 0 N–H and O–H groups in total. The smallest absolute Gasteiger partial charge is 0.234 e. The van der Waals surface area contributed by atoms with Crippen LogP contribution in [0.5, 0.6) is 11.5 Å². The number of nitrogens with zero attached hydrogens (tertiary/aromatic N) is 4. The van der Waals surface area contributed by atoms with E-state index < -0.39 is 5.82 Å². The van der Waals surface area contributed by atoms with Gasteiger partial charge in [-0.3, -0.25) is 0 Å². The molecular weight excluding hydrogens is 439 g/mol. The van der Waals surface area contributed by atoms with Crippen LogP contribution in [0.15, 0.2) is 53.1 Å². The predicted molar refractivity (Wildman–Crippen MR) is 108 cm³/mol. The standard InChI is InChI=1S/C21H16BrFN4O2/c22-16-3-1-2-14(8-16)6-7-27(21-17(23)11-25-20(10-24)26-21)12-15-4-5-18-19(9-15)29-13-28-18/h1-5,8-9,11H,6-7,12-13H2. The summed E-state index contributed by atoms with van der Waals surface area (Å²) in [5.41, 5.74) is 2.02. The van der Waals surface area contributed by atoms with Crippen LogP contribution >= 0.6 is 15.9 Å². The quantitative estimate of drug-likeness (QED) is 0.554. The van der Waals surface area contributed by atoms with Crippen molar-refractivity contribution in [3.63, 3.8) is 0 Å². The number of rotatable bonds is 6. The second-order valence-corrected chi connectivity index (χ2v) is 7.38. The summed E-state index contributed by atoms with van der Waals surface area (Å²) in [6, 6.07) is 15.4. The lowest BCUT2D eigenvalue weighted by molar-refractivity contribution is 0.174. The van der Waals surface area contributed by atoms with Gasteiger partial charge in [0.25, 0.3) is 0 Å². The van der Waals surface area contributed by atoms with Crippen molar-refractivity contribution in [2.45, 2.75) is 13.0 Å². The van der Waals surface area contributed by atoms with Crippen molar-refractivity contribution in [1.82, 2.24) is 9.97 Å². The third kappa shape index (κ3) is 4.46. The van der Waals surface area contributed by atoms with Crippen molar-refractivity contribution < 1.29 is 13.9 Å². The van der Waals surface area contributed by atoms with E-state index >= 15 is 0 Å². The minimum atomic E-state index is -0.570. The predicted octanol–water partition coefficient (Wildman–Crippen LogP) is 4.23. The number of hydrogen-bond donors (Lipinski definition) is 0. The Morgan fingerprint density at radius 1 is 1.14 bits per heavy atom. The van der Waals surface area contributed by atoms with E-state index in [1.807, 2.05) is 48.5 Å². The van der Waals surface area contributed by atoms with Gasteiger partial charge in [-0.15, -0.1) is 0 Å². The van der Waals surface area contributed by atoms with Crippen LogP contribution in [0.1, 0.15) is 17.0 Å². The Morgan fingerprint density at radius 3 is 2.83 bits per heavy atom. The van der Waals surface area contributed by atoms with Gasteiger partial charge in [0.05, 0.1) is 6.20 Å². The van der Waals surface area contributed by atoms with Gasteiger partial charge in [0.1, 0.15) is 6.07 Å². The first kappa shape index (κ1) is 19.2. The molecule has 2 heterocycles. The van der Waals surface area contributed by atoms with Crippen LogP contribution in [0.2, 0.25) is 0 Å². The molecule has 0 radical (unpaired) electrons. The zero-order chi connectivity index (χ0) is 20.2. The molecule has 1 aromatic heterocycles. The van der Waals surface area contributed by atoms with E-state index in [1.165, 1.54) is 0 Å². The Hall–Kier alpha value is -3.18. The van der Waals surface area contributed by atoms with Gasteiger partial charge in [-0.25, -0.2) is 9.37 Å². The molecule has 8 heteroatoms. The average molecular weight is 455 g/mol. The number of anilines is 1. The molecule has 6 nitrogen and oxygen atoms in total. The molecule has 2 aromatic carbocycles. The molecule has 0 amide bonds. The van der Waals surface area contributed by atoms with Crippen molar-refractivity contribution in [1.29, 1.82) is 5.26 Å². The van der Waals surface area contributed by atoms with Gasteiger partial charge in [-0.05, 0) is 41.8 Å². The topological polar surface area (TPSA) is 71.3 Å². The number of hydrogen-bond acceptors (Lipinski definition) is 6. The van der Waals surface area contributed by atoms with Crippen LogP contribution in [0.4, 0.5) is 10.2 Å². The summed E-state index contributed by atoms with van der Waals surface area (Å²) in [5.74, 6) is 0.812. The zero-order valence-electron chi connectivity index (χ0n) is 15.3. The zero-order valence-corrected chi connectivity index (χ0v) is 16.9. The molecule has 0 bridgehead atoms. The Bertz CT molecular complexity index is 1090. The first-order valence-electron chi connectivity index (χ1n) is 8.93. The lowest BCUT2D eigenvalue weighted by atomic mass is 10.1. The fourth-order valence-electron chi connectivity index (χ4n) is 3.11. The number of fused-ring (bicyclic) bond motifs is 1. The van der Waals surface area contributed by atoms with Crippen LogP contribution in [0, 0.1) is 17.1 Å². The van der Waals surface area contributed by atoms with Gasteiger partial charge in [-0.2, -0.15) is 10.2 Å². The fraction of sp³-hybridized carbons (Fsp3) is 0.190. The second kappa shape index (κ2) is 8.45.